The van der Waals surface area contributed by atoms with E-state index in [9.17, 15) is 4.79 Å². The average molecular weight is 233 g/mol. The van der Waals surface area contributed by atoms with Crippen molar-refractivity contribution in [2.75, 3.05) is 32.7 Å². The fraction of sp³-hybridized carbons (Fsp3) is 0.462. The maximum atomic E-state index is 11.7. The van der Waals surface area contributed by atoms with E-state index in [2.05, 4.69) is 15.5 Å². The zero-order valence-electron chi connectivity index (χ0n) is 9.98. The molecule has 1 aromatic rings. The molecule has 0 aliphatic carbocycles. The van der Waals surface area contributed by atoms with E-state index in [4.69, 9.17) is 0 Å². The van der Waals surface area contributed by atoms with Crippen molar-refractivity contribution < 1.29 is 4.79 Å². The van der Waals surface area contributed by atoms with Gasteiger partial charge in [0, 0.05) is 32.7 Å². The molecule has 2 N–H and O–H groups in total. The second kappa shape index (κ2) is 6.37. The van der Waals surface area contributed by atoms with Crippen LogP contribution in [0.2, 0.25) is 0 Å². The number of carbonyl (C=O) groups excluding carboxylic acids is 1. The third kappa shape index (κ3) is 4.17. The minimum Gasteiger partial charge on any atom is -0.351 e. The molecule has 92 valence electrons. The molecule has 0 bridgehead atoms. The number of carbonyl (C=O) groups is 1. The Morgan fingerprint density at radius 2 is 1.94 bits per heavy atom. The lowest BCUT2D eigenvalue weighted by atomic mass is 10.2. The Balaban J connectivity index is 1.70. The molecule has 0 atom stereocenters. The summed E-state index contributed by atoms with van der Waals surface area (Å²) >= 11 is 0. The van der Waals surface area contributed by atoms with E-state index in [0.717, 1.165) is 31.7 Å². The number of nitrogens with zero attached hydrogens (tertiary/aromatic N) is 1. The highest BCUT2D eigenvalue weighted by atomic mass is 16.2. The highest BCUT2D eigenvalue weighted by Gasteiger charge is 2.12. The highest BCUT2D eigenvalue weighted by Crippen LogP contribution is 1.97. The topological polar surface area (TPSA) is 44.4 Å². The first kappa shape index (κ1) is 12.1. The minimum absolute atomic E-state index is 0.107. The maximum absolute atomic E-state index is 11.7. The zero-order valence-corrected chi connectivity index (χ0v) is 9.98. The third-order valence-corrected chi connectivity index (χ3v) is 2.91. The standard InChI is InChI=1S/C13H19N3O/c17-13(11-16-8-6-14-7-9-16)15-10-12-4-2-1-3-5-12/h1-5,14H,6-11H2,(H,15,17). The smallest absolute Gasteiger partial charge is 0.234 e. The van der Waals surface area contributed by atoms with Gasteiger partial charge in [0.15, 0.2) is 0 Å². The summed E-state index contributed by atoms with van der Waals surface area (Å²) in [7, 11) is 0. The SMILES string of the molecule is O=C(CN1CCNCC1)NCc1ccccc1. The highest BCUT2D eigenvalue weighted by molar-refractivity contribution is 5.78. The summed E-state index contributed by atoms with van der Waals surface area (Å²) in [5.41, 5.74) is 1.14. The Hall–Kier alpha value is -1.39. The molecule has 1 fully saturated rings. The van der Waals surface area contributed by atoms with Gasteiger partial charge in [0.1, 0.15) is 0 Å². The predicted octanol–water partition coefficient (Wildman–Crippen LogP) is 0.208. The lowest BCUT2D eigenvalue weighted by molar-refractivity contribution is -0.122. The number of hydrogen-bond acceptors (Lipinski definition) is 3. The summed E-state index contributed by atoms with van der Waals surface area (Å²) in [4.78, 5) is 13.9. The van der Waals surface area contributed by atoms with Crippen molar-refractivity contribution in [3.05, 3.63) is 35.9 Å². The first-order chi connectivity index (χ1) is 8.34. The van der Waals surface area contributed by atoms with E-state index in [1.807, 2.05) is 30.3 Å². The van der Waals surface area contributed by atoms with Gasteiger partial charge in [-0.3, -0.25) is 9.69 Å². The molecule has 4 heteroatoms. The fourth-order valence-corrected chi connectivity index (χ4v) is 1.92. The van der Waals surface area contributed by atoms with Crippen molar-refractivity contribution in [1.29, 1.82) is 0 Å². The van der Waals surface area contributed by atoms with Crippen LogP contribution in [0.15, 0.2) is 30.3 Å². The molecule has 1 aliphatic heterocycles. The van der Waals surface area contributed by atoms with Crippen molar-refractivity contribution in [3.63, 3.8) is 0 Å². The number of nitrogens with one attached hydrogen (secondary N) is 2. The Morgan fingerprint density at radius 3 is 2.65 bits per heavy atom. The summed E-state index contributed by atoms with van der Waals surface area (Å²) < 4.78 is 0. The number of rotatable bonds is 4. The van der Waals surface area contributed by atoms with Crippen LogP contribution >= 0.6 is 0 Å². The third-order valence-electron chi connectivity index (χ3n) is 2.91. The van der Waals surface area contributed by atoms with Crippen molar-refractivity contribution in [2.24, 2.45) is 0 Å². The number of hydrogen-bond donors (Lipinski definition) is 2. The maximum Gasteiger partial charge on any atom is 0.234 e. The molecule has 0 aromatic heterocycles. The second-order valence-electron chi connectivity index (χ2n) is 4.29. The first-order valence-electron chi connectivity index (χ1n) is 6.08. The molecule has 2 rings (SSSR count). The van der Waals surface area contributed by atoms with Crippen LogP contribution in [0.4, 0.5) is 0 Å². The summed E-state index contributed by atoms with van der Waals surface area (Å²) in [5.74, 6) is 0.107. The summed E-state index contributed by atoms with van der Waals surface area (Å²) in [6.07, 6.45) is 0. The molecule has 1 saturated heterocycles. The molecule has 1 aromatic carbocycles. The molecule has 0 saturated carbocycles. The van der Waals surface area contributed by atoms with Crippen LogP contribution in [0.5, 0.6) is 0 Å². The summed E-state index contributed by atoms with van der Waals surface area (Å²) in [5, 5.41) is 6.22. The Bertz CT molecular complexity index is 347. The Morgan fingerprint density at radius 1 is 1.24 bits per heavy atom. The minimum atomic E-state index is 0.107. The van der Waals surface area contributed by atoms with Crippen LogP contribution in [-0.4, -0.2) is 43.5 Å². The van der Waals surface area contributed by atoms with Crippen LogP contribution in [0, 0.1) is 0 Å². The van der Waals surface area contributed by atoms with E-state index in [1.54, 1.807) is 0 Å². The molecule has 1 heterocycles. The lowest BCUT2D eigenvalue weighted by Crippen LogP contribution is -2.47. The van der Waals surface area contributed by atoms with Crippen LogP contribution < -0.4 is 10.6 Å². The normalized spacial score (nSPS) is 16.7. The van der Waals surface area contributed by atoms with Gasteiger partial charge in [0.2, 0.25) is 5.91 Å². The van der Waals surface area contributed by atoms with Crippen LogP contribution in [0.25, 0.3) is 0 Å². The molecular formula is C13H19N3O. The molecular weight excluding hydrogens is 214 g/mol. The van der Waals surface area contributed by atoms with Gasteiger partial charge in [0.05, 0.1) is 6.54 Å². The van der Waals surface area contributed by atoms with E-state index in [-0.39, 0.29) is 5.91 Å². The van der Waals surface area contributed by atoms with E-state index < -0.39 is 0 Å². The van der Waals surface area contributed by atoms with E-state index >= 15 is 0 Å². The molecule has 0 radical (unpaired) electrons. The number of amides is 1. The summed E-state index contributed by atoms with van der Waals surface area (Å²) in [6.45, 7) is 5.00. The average Bonchev–Trinajstić information content (AvgIpc) is 2.39. The van der Waals surface area contributed by atoms with Gasteiger partial charge in [0.25, 0.3) is 0 Å². The van der Waals surface area contributed by atoms with Crippen molar-refractivity contribution in [2.45, 2.75) is 6.54 Å². The molecule has 1 aliphatic rings. The summed E-state index contributed by atoms with van der Waals surface area (Å²) in [6, 6.07) is 9.98. The quantitative estimate of drug-likeness (QED) is 0.781. The van der Waals surface area contributed by atoms with E-state index in [1.165, 1.54) is 0 Å². The number of benzene rings is 1. The Kier molecular flexibility index (Phi) is 4.53. The van der Waals surface area contributed by atoms with E-state index in [0.29, 0.717) is 13.1 Å². The number of piperazine rings is 1. The van der Waals surface area contributed by atoms with Gasteiger partial charge in [-0.2, -0.15) is 0 Å². The molecule has 0 spiro atoms. The fourth-order valence-electron chi connectivity index (χ4n) is 1.92. The molecule has 17 heavy (non-hydrogen) atoms. The first-order valence-corrected chi connectivity index (χ1v) is 6.08. The van der Waals surface area contributed by atoms with Crippen molar-refractivity contribution in [3.8, 4) is 0 Å². The largest absolute Gasteiger partial charge is 0.351 e. The van der Waals surface area contributed by atoms with Crippen molar-refractivity contribution >= 4 is 5.91 Å². The van der Waals surface area contributed by atoms with Crippen LogP contribution in [-0.2, 0) is 11.3 Å². The molecule has 4 nitrogen and oxygen atoms in total. The van der Waals surface area contributed by atoms with Crippen LogP contribution in [0.1, 0.15) is 5.56 Å². The van der Waals surface area contributed by atoms with Gasteiger partial charge in [-0.1, -0.05) is 30.3 Å². The van der Waals surface area contributed by atoms with Gasteiger partial charge in [-0.05, 0) is 5.56 Å². The second-order valence-corrected chi connectivity index (χ2v) is 4.29. The predicted molar refractivity (Wildman–Crippen MR) is 67.6 cm³/mol. The molecule has 1 amide bonds. The lowest BCUT2D eigenvalue weighted by Gasteiger charge is -2.26. The monoisotopic (exact) mass is 233 g/mol. The van der Waals surface area contributed by atoms with Crippen LogP contribution in [0.3, 0.4) is 0 Å². The van der Waals surface area contributed by atoms with Gasteiger partial charge in [-0.15, -0.1) is 0 Å². The molecule has 0 unspecified atom stereocenters. The van der Waals surface area contributed by atoms with Gasteiger partial charge in [-0.25, -0.2) is 0 Å². The zero-order chi connectivity index (χ0) is 11.9. The van der Waals surface area contributed by atoms with Crippen molar-refractivity contribution in [1.82, 2.24) is 15.5 Å². The van der Waals surface area contributed by atoms with Gasteiger partial charge < -0.3 is 10.6 Å². The van der Waals surface area contributed by atoms with Gasteiger partial charge >= 0.3 is 0 Å². The Labute approximate surface area is 102 Å².